The lowest BCUT2D eigenvalue weighted by Gasteiger charge is -2.28. The van der Waals surface area contributed by atoms with E-state index in [1.807, 2.05) is 12.1 Å². The van der Waals surface area contributed by atoms with E-state index >= 15 is 0 Å². The fourth-order valence-corrected chi connectivity index (χ4v) is 5.42. The zero-order valence-electron chi connectivity index (χ0n) is 17.1. The zero-order chi connectivity index (χ0) is 20.9. The monoisotopic (exact) mass is 430 g/mol. The molecule has 1 heterocycles. The van der Waals surface area contributed by atoms with E-state index in [0.29, 0.717) is 23.0 Å². The molecule has 1 unspecified atom stereocenters. The highest BCUT2D eigenvalue weighted by atomic mass is 32.1. The number of rotatable bonds is 8. The van der Waals surface area contributed by atoms with Gasteiger partial charge in [-0.25, -0.2) is 0 Å². The van der Waals surface area contributed by atoms with Crippen LogP contribution in [-0.2, 0) is 4.79 Å². The average Bonchev–Trinajstić information content (AvgIpc) is 3.41. The summed E-state index contributed by atoms with van der Waals surface area (Å²) in [6.07, 6.45) is 8.33. The third kappa shape index (κ3) is 5.49. The Kier molecular flexibility index (Phi) is 6.84. The fourth-order valence-electron chi connectivity index (χ4n) is 4.68. The number of nitrogens with zero attached hydrogens (tertiary/aromatic N) is 2. The Morgan fingerprint density at radius 3 is 2.37 bits per heavy atom. The van der Waals surface area contributed by atoms with Crippen molar-refractivity contribution in [3.63, 3.8) is 0 Å². The van der Waals surface area contributed by atoms with Gasteiger partial charge in [0.15, 0.2) is 6.23 Å². The predicted molar refractivity (Wildman–Crippen MR) is 118 cm³/mol. The lowest BCUT2D eigenvalue weighted by Crippen LogP contribution is -2.16. The first-order valence-electron chi connectivity index (χ1n) is 10.9. The van der Waals surface area contributed by atoms with Gasteiger partial charge in [-0.2, -0.15) is 0 Å². The van der Waals surface area contributed by atoms with Crippen molar-refractivity contribution in [2.75, 3.05) is 10.6 Å². The summed E-state index contributed by atoms with van der Waals surface area (Å²) in [6, 6.07) is 8.55. The number of carboxylic acids is 1. The molecule has 8 heteroatoms. The Balaban J connectivity index is 1.28. The van der Waals surface area contributed by atoms with Crippen molar-refractivity contribution < 1.29 is 15.0 Å². The lowest BCUT2D eigenvalue weighted by atomic mass is 9.77. The Hall–Kier alpha value is -2.19. The van der Waals surface area contributed by atoms with Gasteiger partial charge in [0.05, 0.1) is 0 Å². The van der Waals surface area contributed by atoms with Crippen molar-refractivity contribution in [3.8, 4) is 0 Å². The van der Waals surface area contributed by atoms with Crippen LogP contribution in [0.15, 0.2) is 24.3 Å². The van der Waals surface area contributed by atoms with Gasteiger partial charge in [0.2, 0.25) is 10.3 Å². The second-order valence-electron chi connectivity index (χ2n) is 8.57. The number of aliphatic carboxylic acids is 1. The second kappa shape index (κ2) is 9.75. The Labute approximate surface area is 180 Å². The number of hydrogen-bond donors (Lipinski definition) is 4. The Morgan fingerprint density at radius 2 is 1.70 bits per heavy atom. The molecule has 2 fully saturated rings. The maximum atomic E-state index is 10.9. The summed E-state index contributed by atoms with van der Waals surface area (Å²) in [7, 11) is 0. The molecular weight excluding hydrogens is 400 g/mol. The van der Waals surface area contributed by atoms with Gasteiger partial charge in [0, 0.05) is 18.0 Å². The molecule has 162 valence electrons. The quantitative estimate of drug-likeness (QED) is 0.448. The van der Waals surface area contributed by atoms with Crippen LogP contribution in [0.1, 0.15) is 81.1 Å². The summed E-state index contributed by atoms with van der Waals surface area (Å²) in [5, 5.41) is 35.7. The maximum Gasteiger partial charge on any atom is 0.303 e. The number of aliphatic hydroxyl groups excluding tert-OH is 1. The molecule has 2 aliphatic rings. The van der Waals surface area contributed by atoms with Crippen LogP contribution in [0, 0.1) is 5.92 Å². The van der Waals surface area contributed by atoms with Gasteiger partial charge in [0.1, 0.15) is 0 Å². The van der Waals surface area contributed by atoms with E-state index in [2.05, 4.69) is 33.0 Å². The molecule has 1 aromatic carbocycles. The molecule has 2 aliphatic carbocycles. The van der Waals surface area contributed by atoms with Crippen LogP contribution < -0.4 is 10.6 Å². The van der Waals surface area contributed by atoms with Gasteiger partial charge in [-0.3, -0.25) is 4.79 Å². The van der Waals surface area contributed by atoms with Gasteiger partial charge in [-0.15, -0.1) is 10.2 Å². The van der Waals surface area contributed by atoms with Crippen molar-refractivity contribution in [2.45, 2.75) is 76.0 Å². The van der Waals surface area contributed by atoms with Crippen LogP contribution in [-0.4, -0.2) is 32.4 Å². The van der Waals surface area contributed by atoms with Crippen molar-refractivity contribution in [3.05, 3.63) is 35.4 Å². The topological polar surface area (TPSA) is 107 Å². The van der Waals surface area contributed by atoms with E-state index in [1.54, 1.807) is 0 Å². The molecule has 0 radical (unpaired) electrons. The lowest BCUT2D eigenvalue weighted by molar-refractivity contribution is -0.138. The minimum absolute atomic E-state index is 0.285. The number of anilines is 2. The number of carboxylic acid groups (broad SMARTS) is 1. The molecule has 2 aromatic rings. The molecule has 4 N–H and O–H groups in total. The molecular formula is C22H30N4O3S. The van der Waals surface area contributed by atoms with Crippen LogP contribution in [0.5, 0.6) is 0 Å². The summed E-state index contributed by atoms with van der Waals surface area (Å²) < 4.78 is 0. The third-order valence-corrected chi connectivity index (χ3v) is 7.19. The predicted octanol–water partition coefficient (Wildman–Crippen LogP) is 4.74. The van der Waals surface area contributed by atoms with Crippen molar-refractivity contribution >= 4 is 27.6 Å². The molecule has 1 atom stereocenters. The van der Waals surface area contributed by atoms with E-state index in [1.165, 1.54) is 42.6 Å². The van der Waals surface area contributed by atoms with Gasteiger partial charge in [-0.1, -0.05) is 48.4 Å². The molecule has 30 heavy (non-hydrogen) atoms. The normalized spacial score (nSPS) is 23.2. The molecule has 7 nitrogen and oxygen atoms in total. The SMILES string of the molecule is O=C(O)CC1CCC(c2ccc(C(O)Nc3nnc(NC4CCCC4)s3)cc2)CC1. The van der Waals surface area contributed by atoms with E-state index in [-0.39, 0.29) is 6.42 Å². The van der Waals surface area contributed by atoms with E-state index in [4.69, 9.17) is 5.11 Å². The molecule has 0 saturated heterocycles. The highest BCUT2D eigenvalue weighted by Crippen LogP contribution is 2.37. The first kappa shape index (κ1) is 21.1. The van der Waals surface area contributed by atoms with Crippen molar-refractivity contribution in [1.82, 2.24) is 10.2 Å². The van der Waals surface area contributed by atoms with Crippen LogP contribution in [0.2, 0.25) is 0 Å². The number of aliphatic hydroxyl groups is 1. The Morgan fingerprint density at radius 1 is 1.03 bits per heavy atom. The number of benzene rings is 1. The largest absolute Gasteiger partial charge is 0.481 e. The molecule has 0 bridgehead atoms. The van der Waals surface area contributed by atoms with Crippen LogP contribution >= 0.6 is 11.3 Å². The molecule has 0 spiro atoms. The smallest absolute Gasteiger partial charge is 0.303 e. The summed E-state index contributed by atoms with van der Waals surface area (Å²) in [4.78, 5) is 10.9. The van der Waals surface area contributed by atoms with Gasteiger partial charge < -0.3 is 20.8 Å². The molecule has 0 aliphatic heterocycles. The highest BCUT2D eigenvalue weighted by molar-refractivity contribution is 7.19. The number of nitrogens with one attached hydrogen (secondary N) is 2. The van der Waals surface area contributed by atoms with Gasteiger partial charge in [-0.05, 0) is 55.9 Å². The molecule has 1 aromatic heterocycles. The van der Waals surface area contributed by atoms with E-state index < -0.39 is 12.2 Å². The van der Waals surface area contributed by atoms with Crippen molar-refractivity contribution in [2.24, 2.45) is 5.92 Å². The van der Waals surface area contributed by atoms with Gasteiger partial charge >= 0.3 is 5.97 Å². The first-order valence-corrected chi connectivity index (χ1v) is 11.7. The minimum Gasteiger partial charge on any atom is -0.481 e. The van der Waals surface area contributed by atoms with Crippen LogP contribution in [0.3, 0.4) is 0 Å². The van der Waals surface area contributed by atoms with E-state index in [0.717, 1.165) is 36.4 Å². The number of hydrogen-bond acceptors (Lipinski definition) is 7. The molecule has 2 saturated carbocycles. The first-order chi connectivity index (χ1) is 14.6. The van der Waals surface area contributed by atoms with Crippen LogP contribution in [0.25, 0.3) is 0 Å². The molecule has 4 rings (SSSR count). The average molecular weight is 431 g/mol. The Bertz CT molecular complexity index is 827. The summed E-state index contributed by atoms with van der Waals surface area (Å²) in [5.41, 5.74) is 2.05. The fraction of sp³-hybridized carbons (Fsp3) is 0.591. The summed E-state index contributed by atoms with van der Waals surface area (Å²) in [5.74, 6) is 0.0896. The van der Waals surface area contributed by atoms with Gasteiger partial charge in [0.25, 0.3) is 0 Å². The van der Waals surface area contributed by atoms with E-state index in [9.17, 15) is 9.90 Å². The second-order valence-corrected chi connectivity index (χ2v) is 9.54. The maximum absolute atomic E-state index is 10.9. The number of aromatic nitrogens is 2. The standard InChI is InChI=1S/C22H30N4O3S/c27-19(28)13-14-5-7-15(8-6-14)16-9-11-17(12-10-16)20(29)24-22-26-25-21(30-22)23-18-3-1-2-4-18/h9-12,14-15,18,20,29H,1-8,13H2,(H,23,25)(H,24,26)(H,27,28). The summed E-state index contributed by atoms with van der Waals surface area (Å²) in [6.45, 7) is 0. The minimum atomic E-state index is -0.836. The highest BCUT2D eigenvalue weighted by Gasteiger charge is 2.24. The number of carbonyl (C=O) groups is 1. The molecule has 0 amide bonds. The summed E-state index contributed by atoms with van der Waals surface area (Å²) >= 11 is 1.43. The zero-order valence-corrected chi connectivity index (χ0v) is 17.9. The van der Waals surface area contributed by atoms with Crippen molar-refractivity contribution in [1.29, 1.82) is 0 Å². The van der Waals surface area contributed by atoms with Crippen LogP contribution in [0.4, 0.5) is 10.3 Å². The third-order valence-electron chi connectivity index (χ3n) is 6.40.